The van der Waals surface area contributed by atoms with E-state index < -0.39 is 0 Å². The van der Waals surface area contributed by atoms with Gasteiger partial charge in [-0.1, -0.05) is 59.6 Å². The molecule has 4 nitrogen and oxygen atoms in total. The number of benzene rings is 2. The maximum atomic E-state index is 6.04. The predicted octanol–water partition coefficient (Wildman–Crippen LogP) is 4.62. The van der Waals surface area contributed by atoms with Crippen molar-refractivity contribution in [3.05, 3.63) is 81.9 Å². The molecule has 0 aliphatic carbocycles. The van der Waals surface area contributed by atoms with Crippen LogP contribution in [0.1, 0.15) is 11.1 Å². The number of allylic oxidation sites excluding steroid dienone is 2. The Morgan fingerprint density at radius 2 is 1.62 bits per heavy atom. The van der Waals surface area contributed by atoms with Crippen molar-refractivity contribution in [2.45, 2.75) is 0 Å². The standard InChI is InChI=1S/C20H18Cl2N4/c21-17-5-1-3-15(13-17)7-9-19(25-26-20-23-11-12-24-20)10-8-16-4-2-6-18(22)14-16/h1-10,13-14H,11-12H2,(H2,23,24,26)/b9-7+,10-8+. The highest BCUT2D eigenvalue weighted by Crippen LogP contribution is 2.13. The first-order valence-electron chi connectivity index (χ1n) is 8.18. The fourth-order valence-electron chi connectivity index (χ4n) is 2.30. The molecule has 0 atom stereocenters. The first-order chi connectivity index (χ1) is 12.7. The minimum absolute atomic E-state index is 0.676. The molecule has 2 aromatic carbocycles. The van der Waals surface area contributed by atoms with E-state index >= 15 is 0 Å². The lowest BCUT2D eigenvalue weighted by atomic mass is 10.1. The first kappa shape index (κ1) is 18.2. The Labute approximate surface area is 162 Å². The highest BCUT2D eigenvalue weighted by molar-refractivity contribution is 6.31. The summed E-state index contributed by atoms with van der Waals surface area (Å²) in [6.45, 7) is 1.58. The van der Waals surface area contributed by atoms with Gasteiger partial charge in [0, 0.05) is 16.6 Å². The van der Waals surface area contributed by atoms with Crippen molar-refractivity contribution in [2.24, 2.45) is 10.1 Å². The summed E-state index contributed by atoms with van der Waals surface area (Å²) in [6, 6.07) is 15.3. The summed E-state index contributed by atoms with van der Waals surface area (Å²) in [5.41, 5.74) is 5.68. The molecular formula is C20H18Cl2N4. The summed E-state index contributed by atoms with van der Waals surface area (Å²) in [6.07, 6.45) is 7.74. The zero-order valence-corrected chi connectivity index (χ0v) is 15.5. The Balaban J connectivity index is 1.79. The van der Waals surface area contributed by atoms with Crippen LogP contribution in [0.4, 0.5) is 0 Å². The summed E-state index contributed by atoms with van der Waals surface area (Å²) in [5, 5.41) is 8.93. The second-order valence-electron chi connectivity index (χ2n) is 5.58. The van der Waals surface area contributed by atoms with Gasteiger partial charge in [0.15, 0.2) is 0 Å². The number of nitrogens with zero attached hydrogens (tertiary/aromatic N) is 2. The quantitative estimate of drug-likeness (QED) is 0.583. The number of hydrogen-bond acceptors (Lipinski definition) is 4. The molecule has 0 saturated carbocycles. The Hall–Kier alpha value is -2.56. The molecule has 0 spiro atoms. The van der Waals surface area contributed by atoms with Crippen LogP contribution in [0.15, 0.2) is 70.8 Å². The van der Waals surface area contributed by atoms with Crippen LogP contribution in [-0.2, 0) is 0 Å². The Kier molecular flexibility index (Phi) is 6.47. The molecule has 0 aromatic heterocycles. The second-order valence-corrected chi connectivity index (χ2v) is 6.46. The van der Waals surface area contributed by atoms with Gasteiger partial charge in [0.1, 0.15) is 0 Å². The van der Waals surface area contributed by atoms with E-state index in [1.807, 2.05) is 72.8 Å². The number of hydrazone groups is 1. The van der Waals surface area contributed by atoms with Gasteiger partial charge >= 0.3 is 0 Å². The summed E-state index contributed by atoms with van der Waals surface area (Å²) >= 11 is 12.1. The number of aliphatic imine (C=N–C) groups is 1. The molecule has 2 N–H and O–H groups in total. The summed E-state index contributed by atoms with van der Waals surface area (Å²) in [5.74, 6) is 0.676. The molecule has 132 valence electrons. The van der Waals surface area contributed by atoms with E-state index in [4.69, 9.17) is 23.2 Å². The van der Waals surface area contributed by atoms with E-state index in [2.05, 4.69) is 20.8 Å². The lowest BCUT2D eigenvalue weighted by molar-refractivity contribution is 0.918. The summed E-state index contributed by atoms with van der Waals surface area (Å²) < 4.78 is 0. The highest BCUT2D eigenvalue weighted by atomic mass is 35.5. The molecule has 3 rings (SSSR count). The molecule has 26 heavy (non-hydrogen) atoms. The van der Waals surface area contributed by atoms with Crippen molar-refractivity contribution < 1.29 is 0 Å². The smallest absolute Gasteiger partial charge is 0.212 e. The number of hydrogen-bond donors (Lipinski definition) is 2. The van der Waals surface area contributed by atoms with Crippen LogP contribution < -0.4 is 10.7 Å². The van der Waals surface area contributed by atoms with Gasteiger partial charge in [0.25, 0.3) is 0 Å². The van der Waals surface area contributed by atoms with Crippen molar-refractivity contribution in [3.63, 3.8) is 0 Å². The number of halogens is 2. The van der Waals surface area contributed by atoms with Crippen molar-refractivity contribution in [2.75, 3.05) is 13.1 Å². The third-order valence-electron chi connectivity index (χ3n) is 3.56. The molecule has 0 bridgehead atoms. The van der Waals surface area contributed by atoms with Gasteiger partial charge in [0.05, 0.1) is 12.3 Å². The molecule has 0 unspecified atom stereocenters. The molecule has 6 heteroatoms. The van der Waals surface area contributed by atoms with Crippen molar-refractivity contribution in [3.8, 4) is 0 Å². The fourth-order valence-corrected chi connectivity index (χ4v) is 2.70. The van der Waals surface area contributed by atoms with Crippen LogP contribution in [0.3, 0.4) is 0 Å². The lowest BCUT2D eigenvalue weighted by Crippen LogP contribution is -2.30. The van der Waals surface area contributed by atoms with Crippen LogP contribution in [-0.4, -0.2) is 24.8 Å². The normalized spacial score (nSPS) is 13.7. The maximum Gasteiger partial charge on any atom is 0.212 e. The largest absolute Gasteiger partial charge is 0.353 e. The third-order valence-corrected chi connectivity index (χ3v) is 4.03. The first-order valence-corrected chi connectivity index (χ1v) is 8.94. The van der Waals surface area contributed by atoms with Crippen molar-refractivity contribution >= 4 is 47.0 Å². The number of guanidine groups is 1. The van der Waals surface area contributed by atoms with Crippen molar-refractivity contribution in [1.82, 2.24) is 10.7 Å². The van der Waals surface area contributed by atoms with Gasteiger partial charge in [-0.05, 0) is 47.5 Å². The van der Waals surface area contributed by atoms with Gasteiger partial charge in [0.2, 0.25) is 5.96 Å². The lowest BCUT2D eigenvalue weighted by Gasteiger charge is -2.02. The fraction of sp³-hybridized carbons (Fsp3) is 0.100. The van der Waals surface area contributed by atoms with Crippen LogP contribution in [0, 0.1) is 0 Å². The second kappa shape index (κ2) is 9.22. The zero-order chi connectivity index (χ0) is 18.2. The Bertz CT molecular complexity index is 827. The van der Waals surface area contributed by atoms with Crippen LogP contribution in [0.5, 0.6) is 0 Å². The van der Waals surface area contributed by atoms with Gasteiger partial charge in [-0.25, -0.2) is 10.4 Å². The highest BCUT2D eigenvalue weighted by Gasteiger charge is 2.02. The number of rotatable bonds is 5. The van der Waals surface area contributed by atoms with E-state index in [0.29, 0.717) is 16.0 Å². The molecule has 0 fully saturated rings. The molecule has 1 heterocycles. The van der Waals surface area contributed by atoms with Crippen molar-refractivity contribution in [1.29, 1.82) is 0 Å². The van der Waals surface area contributed by atoms with Gasteiger partial charge in [-0.2, -0.15) is 5.10 Å². The van der Waals surface area contributed by atoms with Crippen LogP contribution in [0.25, 0.3) is 12.2 Å². The van der Waals surface area contributed by atoms with Crippen LogP contribution in [0.2, 0.25) is 10.0 Å². The van der Waals surface area contributed by atoms with E-state index in [0.717, 1.165) is 29.9 Å². The minimum atomic E-state index is 0.676. The third kappa shape index (κ3) is 5.76. The minimum Gasteiger partial charge on any atom is -0.353 e. The summed E-state index contributed by atoms with van der Waals surface area (Å²) in [7, 11) is 0. The molecular weight excluding hydrogens is 367 g/mol. The molecule has 0 amide bonds. The van der Waals surface area contributed by atoms with E-state index in [1.54, 1.807) is 0 Å². The Morgan fingerprint density at radius 1 is 1.00 bits per heavy atom. The SMILES string of the molecule is Clc1cccc(/C=C/C(/C=C/c2cccc(Cl)c2)=NNC2=NCCN2)c1. The van der Waals surface area contributed by atoms with E-state index in [-0.39, 0.29) is 0 Å². The monoisotopic (exact) mass is 384 g/mol. The van der Waals surface area contributed by atoms with E-state index in [1.165, 1.54) is 0 Å². The molecule has 2 aromatic rings. The molecule has 1 aliphatic heterocycles. The Morgan fingerprint density at radius 3 is 2.12 bits per heavy atom. The maximum absolute atomic E-state index is 6.04. The number of nitrogens with one attached hydrogen (secondary N) is 2. The summed E-state index contributed by atoms with van der Waals surface area (Å²) in [4.78, 5) is 4.27. The molecule has 0 saturated heterocycles. The average Bonchev–Trinajstić information content (AvgIpc) is 3.15. The van der Waals surface area contributed by atoms with Gasteiger partial charge in [-0.3, -0.25) is 0 Å². The molecule has 0 radical (unpaired) electrons. The van der Waals surface area contributed by atoms with E-state index in [9.17, 15) is 0 Å². The van der Waals surface area contributed by atoms with Gasteiger partial charge < -0.3 is 5.32 Å². The molecule has 1 aliphatic rings. The zero-order valence-electron chi connectivity index (χ0n) is 14.0. The predicted molar refractivity (Wildman–Crippen MR) is 112 cm³/mol. The average molecular weight is 385 g/mol. The van der Waals surface area contributed by atoms with Crippen LogP contribution >= 0.6 is 23.2 Å². The topological polar surface area (TPSA) is 48.8 Å². The van der Waals surface area contributed by atoms with Gasteiger partial charge in [-0.15, -0.1) is 0 Å².